The van der Waals surface area contributed by atoms with E-state index in [4.69, 9.17) is 9.84 Å². The van der Waals surface area contributed by atoms with Gasteiger partial charge in [-0.05, 0) is 43.3 Å². The Labute approximate surface area is 132 Å². The number of hydrogen-bond donors (Lipinski definition) is 1. The third-order valence-electron chi connectivity index (χ3n) is 3.47. The van der Waals surface area contributed by atoms with Crippen LogP contribution in [0.2, 0.25) is 0 Å². The fraction of sp³-hybridized carbons (Fsp3) is 0.235. The summed E-state index contributed by atoms with van der Waals surface area (Å²) in [6.07, 6.45) is 0. The molecular weight excluding hydrogens is 304 g/mol. The van der Waals surface area contributed by atoms with Crippen LogP contribution in [0, 0.1) is 11.6 Å². The smallest absolute Gasteiger partial charge is 0.253 e. The molecule has 0 aromatic heterocycles. The van der Waals surface area contributed by atoms with Crippen LogP contribution < -0.4 is 4.74 Å². The molecule has 0 bridgehead atoms. The summed E-state index contributed by atoms with van der Waals surface area (Å²) < 4.78 is 31.4. The molecule has 0 aliphatic heterocycles. The average Bonchev–Trinajstić information content (AvgIpc) is 2.57. The quantitative estimate of drug-likeness (QED) is 0.920. The molecule has 0 fully saturated rings. The molecule has 23 heavy (non-hydrogen) atoms. The number of amides is 1. The fourth-order valence-corrected chi connectivity index (χ4v) is 1.87. The molecule has 122 valence electrons. The summed E-state index contributed by atoms with van der Waals surface area (Å²) >= 11 is 0. The first-order valence-electron chi connectivity index (χ1n) is 7.03. The van der Waals surface area contributed by atoms with Crippen LogP contribution in [0.3, 0.4) is 0 Å². The Morgan fingerprint density at radius 3 is 2.30 bits per heavy atom. The van der Waals surface area contributed by atoms with Crippen molar-refractivity contribution in [2.75, 3.05) is 13.7 Å². The van der Waals surface area contributed by atoms with Crippen molar-refractivity contribution in [3.05, 3.63) is 59.7 Å². The maximum absolute atomic E-state index is 13.1. The molecule has 0 heterocycles. The molecule has 1 atom stereocenters. The second-order valence-corrected chi connectivity index (χ2v) is 5.15. The highest BCUT2D eigenvalue weighted by molar-refractivity contribution is 5.94. The molecule has 1 amide bonds. The van der Waals surface area contributed by atoms with Crippen molar-refractivity contribution in [1.82, 2.24) is 4.90 Å². The first kappa shape index (κ1) is 16.9. The predicted octanol–water partition coefficient (Wildman–Crippen LogP) is 3.21. The Morgan fingerprint density at radius 1 is 1.13 bits per heavy atom. The molecule has 0 saturated heterocycles. The Bertz CT molecular complexity index is 689. The van der Waals surface area contributed by atoms with Gasteiger partial charge < -0.3 is 14.7 Å². The lowest BCUT2D eigenvalue weighted by molar-refractivity contribution is 0.0682. The Morgan fingerprint density at radius 2 is 1.74 bits per heavy atom. The van der Waals surface area contributed by atoms with Crippen molar-refractivity contribution in [3.8, 4) is 11.5 Å². The number of carbonyl (C=O) groups excluding carboxylic acids is 1. The monoisotopic (exact) mass is 321 g/mol. The summed E-state index contributed by atoms with van der Waals surface area (Å²) in [6.45, 7) is 1.61. The van der Waals surface area contributed by atoms with Crippen molar-refractivity contribution in [2.24, 2.45) is 0 Å². The standard InChI is InChI=1S/C17H17F2NO3/c1-11(10-21)20(2)17(22)12-3-5-13(6-4-12)23-14-7-8-15(18)16(19)9-14/h3-9,11,21H,10H2,1-2H3. The number of likely N-dealkylation sites (N-methyl/N-ethyl adjacent to an activating group) is 1. The highest BCUT2D eigenvalue weighted by Crippen LogP contribution is 2.23. The average molecular weight is 321 g/mol. The molecular formula is C17H17F2NO3. The number of rotatable bonds is 5. The fourth-order valence-electron chi connectivity index (χ4n) is 1.87. The highest BCUT2D eigenvalue weighted by Gasteiger charge is 2.16. The van der Waals surface area contributed by atoms with Crippen molar-refractivity contribution < 1.29 is 23.4 Å². The maximum atomic E-state index is 13.1. The summed E-state index contributed by atoms with van der Waals surface area (Å²) in [6, 6.07) is 9.21. The lowest BCUT2D eigenvalue weighted by Crippen LogP contribution is -2.37. The van der Waals surface area contributed by atoms with Crippen LogP contribution in [0.4, 0.5) is 8.78 Å². The van der Waals surface area contributed by atoms with Crippen LogP contribution in [-0.2, 0) is 0 Å². The van der Waals surface area contributed by atoms with Gasteiger partial charge in [0.25, 0.3) is 5.91 Å². The summed E-state index contributed by atoms with van der Waals surface area (Å²) in [7, 11) is 1.61. The SMILES string of the molecule is CC(CO)N(C)C(=O)c1ccc(Oc2ccc(F)c(F)c2)cc1. The molecule has 6 heteroatoms. The molecule has 0 aliphatic rings. The Hall–Kier alpha value is -2.47. The van der Waals surface area contributed by atoms with Gasteiger partial charge in [-0.15, -0.1) is 0 Å². The van der Waals surface area contributed by atoms with E-state index >= 15 is 0 Å². The zero-order valence-corrected chi connectivity index (χ0v) is 12.8. The molecule has 4 nitrogen and oxygen atoms in total. The second kappa shape index (κ2) is 7.19. The van der Waals surface area contributed by atoms with Gasteiger partial charge >= 0.3 is 0 Å². The van der Waals surface area contributed by atoms with Crippen molar-refractivity contribution >= 4 is 5.91 Å². The van der Waals surface area contributed by atoms with E-state index in [9.17, 15) is 13.6 Å². The minimum absolute atomic E-state index is 0.125. The van der Waals surface area contributed by atoms with Gasteiger partial charge in [0.2, 0.25) is 0 Å². The van der Waals surface area contributed by atoms with Gasteiger partial charge in [0, 0.05) is 18.7 Å². The lowest BCUT2D eigenvalue weighted by Gasteiger charge is -2.23. The van der Waals surface area contributed by atoms with Crippen LogP contribution in [-0.4, -0.2) is 35.6 Å². The van der Waals surface area contributed by atoms with Crippen LogP contribution in [0.5, 0.6) is 11.5 Å². The van der Waals surface area contributed by atoms with Gasteiger partial charge in [0.1, 0.15) is 11.5 Å². The molecule has 0 spiro atoms. The summed E-state index contributed by atoms with van der Waals surface area (Å²) in [5, 5.41) is 9.08. The number of hydrogen-bond acceptors (Lipinski definition) is 3. The summed E-state index contributed by atoms with van der Waals surface area (Å²) in [4.78, 5) is 13.6. The van der Waals surface area contributed by atoms with Crippen molar-refractivity contribution in [1.29, 1.82) is 0 Å². The highest BCUT2D eigenvalue weighted by atomic mass is 19.2. The molecule has 2 aromatic carbocycles. The van der Waals surface area contributed by atoms with Crippen LogP contribution in [0.1, 0.15) is 17.3 Å². The first-order chi connectivity index (χ1) is 10.9. The first-order valence-corrected chi connectivity index (χ1v) is 7.03. The predicted molar refractivity (Wildman–Crippen MR) is 81.5 cm³/mol. The third-order valence-corrected chi connectivity index (χ3v) is 3.47. The van der Waals surface area contributed by atoms with E-state index in [1.807, 2.05) is 0 Å². The number of carbonyl (C=O) groups is 1. The molecule has 2 aromatic rings. The number of ether oxygens (including phenoxy) is 1. The zero-order chi connectivity index (χ0) is 17.0. The lowest BCUT2D eigenvalue weighted by atomic mass is 10.1. The molecule has 0 aliphatic carbocycles. The largest absolute Gasteiger partial charge is 0.457 e. The zero-order valence-electron chi connectivity index (χ0n) is 12.8. The summed E-state index contributed by atoms with van der Waals surface area (Å²) in [5.74, 6) is -1.61. The minimum Gasteiger partial charge on any atom is -0.457 e. The number of halogens is 2. The van der Waals surface area contributed by atoms with Crippen LogP contribution >= 0.6 is 0 Å². The van der Waals surface area contributed by atoms with Crippen molar-refractivity contribution in [2.45, 2.75) is 13.0 Å². The van der Waals surface area contributed by atoms with E-state index in [1.54, 1.807) is 38.2 Å². The number of aliphatic hydroxyl groups is 1. The minimum atomic E-state index is -0.992. The Balaban J connectivity index is 2.10. The van der Waals surface area contributed by atoms with Crippen molar-refractivity contribution in [3.63, 3.8) is 0 Å². The number of benzene rings is 2. The van der Waals surface area contributed by atoms with E-state index in [0.29, 0.717) is 11.3 Å². The number of nitrogens with zero attached hydrogens (tertiary/aromatic N) is 1. The van der Waals surface area contributed by atoms with Gasteiger partial charge in [0.15, 0.2) is 11.6 Å². The van der Waals surface area contributed by atoms with Crippen LogP contribution in [0.15, 0.2) is 42.5 Å². The maximum Gasteiger partial charge on any atom is 0.253 e. The molecule has 1 N–H and O–H groups in total. The van der Waals surface area contributed by atoms with E-state index < -0.39 is 11.6 Å². The normalized spacial score (nSPS) is 11.9. The molecule has 0 radical (unpaired) electrons. The second-order valence-electron chi connectivity index (χ2n) is 5.15. The van der Waals surface area contributed by atoms with E-state index in [-0.39, 0.29) is 24.3 Å². The topological polar surface area (TPSA) is 49.8 Å². The van der Waals surface area contributed by atoms with Gasteiger partial charge in [-0.3, -0.25) is 4.79 Å². The molecule has 2 rings (SSSR count). The van der Waals surface area contributed by atoms with E-state index in [2.05, 4.69) is 0 Å². The molecule has 0 saturated carbocycles. The summed E-state index contributed by atoms with van der Waals surface area (Å²) in [5.41, 5.74) is 0.436. The van der Waals surface area contributed by atoms with Gasteiger partial charge in [-0.25, -0.2) is 8.78 Å². The van der Waals surface area contributed by atoms with Gasteiger partial charge in [-0.1, -0.05) is 0 Å². The number of aliphatic hydroxyl groups excluding tert-OH is 1. The molecule has 1 unspecified atom stereocenters. The van der Waals surface area contributed by atoms with E-state index in [1.165, 1.54) is 11.0 Å². The Kier molecular flexibility index (Phi) is 5.28. The van der Waals surface area contributed by atoms with E-state index in [0.717, 1.165) is 12.1 Å². The van der Waals surface area contributed by atoms with Gasteiger partial charge in [0.05, 0.1) is 12.6 Å². The van der Waals surface area contributed by atoms with Crippen LogP contribution in [0.25, 0.3) is 0 Å². The van der Waals surface area contributed by atoms with Gasteiger partial charge in [-0.2, -0.15) is 0 Å². The third kappa shape index (κ3) is 4.04.